The molecule has 2 atom stereocenters. The van der Waals surface area contributed by atoms with Gasteiger partial charge in [0.05, 0.1) is 0 Å². The van der Waals surface area contributed by atoms with Gasteiger partial charge in [-0.2, -0.15) is 0 Å². The van der Waals surface area contributed by atoms with E-state index in [1.54, 1.807) is 0 Å². The molecule has 5 heteroatoms. The van der Waals surface area contributed by atoms with E-state index in [0.29, 0.717) is 12.8 Å². The molecule has 1 N–H and O–H groups in total. The Bertz CT molecular complexity index is 351. The Balaban J connectivity index is 2.59. The topological polar surface area (TPSA) is 72.5 Å². The molecular formula is C13H19NO4. The lowest BCUT2D eigenvalue weighted by Gasteiger charge is -2.19. The zero-order chi connectivity index (χ0) is 13.5. The fourth-order valence-corrected chi connectivity index (χ4v) is 2.12. The van der Waals surface area contributed by atoms with Gasteiger partial charge in [-0.1, -0.05) is 12.7 Å². The zero-order valence-electron chi connectivity index (χ0n) is 10.6. The summed E-state index contributed by atoms with van der Waals surface area (Å²) in [6.45, 7) is 4.89. The van der Waals surface area contributed by atoms with Crippen molar-refractivity contribution in [1.29, 1.82) is 0 Å². The van der Waals surface area contributed by atoms with Crippen LogP contribution in [0.5, 0.6) is 0 Å². The van der Waals surface area contributed by atoms with Crippen molar-refractivity contribution in [2.45, 2.75) is 38.6 Å². The third-order valence-corrected chi connectivity index (χ3v) is 2.96. The molecular weight excluding hydrogens is 234 g/mol. The number of ether oxygens (including phenoxy) is 1. The minimum absolute atomic E-state index is 0.105. The molecule has 0 bridgehead atoms. The molecule has 0 aromatic carbocycles. The molecule has 1 saturated carbocycles. The Labute approximate surface area is 107 Å². The number of carbonyl (C=O) groups excluding carboxylic acids is 3. The summed E-state index contributed by atoms with van der Waals surface area (Å²) in [7, 11) is 0. The third-order valence-electron chi connectivity index (χ3n) is 2.96. The van der Waals surface area contributed by atoms with Crippen LogP contribution in [0.1, 0.15) is 32.6 Å². The fraction of sp³-hybridized carbons (Fsp3) is 0.615. The van der Waals surface area contributed by atoms with Gasteiger partial charge in [0.25, 0.3) is 0 Å². The van der Waals surface area contributed by atoms with Crippen LogP contribution in [0, 0.1) is 5.92 Å². The Kier molecular flexibility index (Phi) is 5.55. The van der Waals surface area contributed by atoms with Gasteiger partial charge in [-0.05, 0) is 19.3 Å². The summed E-state index contributed by atoms with van der Waals surface area (Å²) in [4.78, 5) is 34.4. The minimum atomic E-state index is -0.741. The third kappa shape index (κ3) is 4.31. The summed E-state index contributed by atoms with van der Waals surface area (Å²) in [6.07, 6.45) is 4.00. The average molecular weight is 253 g/mol. The van der Waals surface area contributed by atoms with Gasteiger partial charge in [0.1, 0.15) is 18.4 Å². The molecule has 1 amide bonds. The van der Waals surface area contributed by atoms with E-state index < -0.39 is 12.0 Å². The number of Topliss-reactive ketones (excluding diaryl/α,β-unsaturated/α-hetero) is 1. The van der Waals surface area contributed by atoms with Gasteiger partial charge in [-0.15, -0.1) is 0 Å². The molecule has 0 aromatic rings. The molecule has 1 aliphatic carbocycles. The molecule has 0 aromatic heterocycles. The van der Waals surface area contributed by atoms with Gasteiger partial charge >= 0.3 is 5.97 Å². The van der Waals surface area contributed by atoms with Crippen molar-refractivity contribution in [3.05, 3.63) is 12.7 Å². The summed E-state index contributed by atoms with van der Waals surface area (Å²) >= 11 is 0. The predicted molar refractivity (Wildman–Crippen MR) is 65.7 cm³/mol. The van der Waals surface area contributed by atoms with Crippen LogP contribution in [0.15, 0.2) is 12.7 Å². The van der Waals surface area contributed by atoms with E-state index in [0.717, 1.165) is 12.8 Å². The van der Waals surface area contributed by atoms with Crippen LogP contribution in [0.4, 0.5) is 0 Å². The minimum Gasteiger partial charge on any atom is -0.460 e. The number of rotatable bonds is 6. The molecule has 2 unspecified atom stereocenters. The first-order valence-electron chi connectivity index (χ1n) is 6.12. The van der Waals surface area contributed by atoms with Gasteiger partial charge in [0.15, 0.2) is 0 Å². The molecule has 0 saturated heterocycles. The Morgan fingerprint density at radius 2 is 2.33 bits per heavy atom. The van der Waals surface area contributed by atoms with Crippen molar-refractivity contribution in [3.8, 4) is 0 Å². The molecule has 0 radical (unpaired) electrons. The summed E-state index contributed by atoms with van der Waals surface area (Å²) in [5.41, 5.74) is 0. The van der Waals surface area contributed by atoms with Crippen molar-refractivity contribution in [3.63, 3.8) is 0 Å². The highest BCUT2D eigenvalue weighted by molar-refractivity contribution is 5.86. The highest BCUT2D eigenvalue weighted by Gasteiger charge is 2.31. The van der Waals surface area contributed by atoms with Crippen molar-refractivity contribution >= 4 is 17.7 Å². The Hall–Kier alpha value is -1.65. The largest absolute Gasteiger partial charge is 0.460 e. The monoisotopic (exact) mass is 253 g/mol. The van der Waals surface area contributed by atoms with E-state index in [9.17, 15) is 14.4 Å². The standard InChI is InChI=1S/C13H19NO4/c1-3-7-18-13(17)11(14-9(2)15)8-10-5-4-6-12(10)16/h3,10-11H,1,4-8H2,2H3,(H,14,15). The highest BCUT2D eigenvalue weighted by Crippen LogP contribution is 2.25. The smallest absolute Gasteiger partial charge is 0.328 e. The lowest BCUT2D eigenvalue weighted by Crippen LogP contribution is -2.42. The number of ketones is 1. The van der Waals surface area contributed by atoms with Gasteiger partial charge < -0.3 is 10.1 Å². The lowest BCUT2D eigenvalue weighted by atomic mass is 9.97. The van der Waals surface area contributed by atoms with Crippen LogP contribution >= 0.6 is 0 Å². The van der Waals surface area contributed by atoms with E-state index in [-0.39, 0.29) is 24.2 Å². The van der Waals surface area contributed by atoms with Crippen molar-refractivity contribution in [2.75, 3.05) is 6.61 Å². The molecule has 0 heterocycles. The number of nitrogens with one attached hydrogen (secondary N) is 1. The quantitative estimate of drug-likeness (QED) is 0.565. The maximum Gasteiger partial charge on any atom is 0.328 e. The maximum atomic E-state index is 11.7. The van der Waals surface area contributed by atoms with Crippen LogP contribution in [0.3, 0.4) is 0 Å². The molecule has 0 spiro atoms. The van der Waals surface area contributed by atoms with Crippen LogP contribution < -0.4 is 5.32 Å². The van der Waals surface area contributed by atoms with Gasteiger partial charge in [0.2, 0.25) is 5.91 Å². The van der Waals surface area contributed by atoms with E-state index in [1.807, 2.05) is 0 Å². The van der Waals surface area contributed by atoms with Crippen molar-refractivity contribution in [1.82, 2.24) is 5.32 Å². The first-order chi connectivity index (χ1) is 8.54. The average Bonchev–Trinajstić information content (AvgIpc) is 2.70. The Morgan fingerprint density at radius 1 is 1.61 bits per heavy atom. The molecule has 5 nitrogen and oxygen atoms in total. The van der Waals surface area contributed by atoms with E-state index in [2.05, 4.69) is 11.9 Å². The maximum absolute atomic E-state index is 11.7. The second kappa shape index (κ2) is 6.93. The van der Waals surface area contributed by atoms with Gasteiger partial charge in [0, 0.05) is 19.3 Å². The molecule has 100 valence electrons. The molecule has 1 aliphatic rings. The molecule has 1 fully saturated rings. The van der Waals surface area contributed by atoms with E-state index >= 15 is 0 Å². The predicted octanol–water partition coefficient (Wildman–Crippen LogP) is 0.980. The summed E-state index contributed by atoms with van der Waals surface area (Å²) in [5, 5.41) is 2.54. The first-order valence-corrected chi connectivity index (χ1v) is 6.12. The van der Waals surface area contributed by atoms with Crippen LogP contribution in [-0.4, -0.2) is 30.3 Å². The summed E-state index contributed by atoms with van der Waals surface area (Å²) in [6, 6.07) is -0.741. The SMILES string of the molecule is C=CCOC(=O)C(CC1CCCC1=O)NC(C)=O. The number of esters is 1. The molecule has 18 heavy (non-hydrogen) atoms. The summed E-state index contributed by atoms with van der Waals surface area (Å²) < 4.78 is 4.92. The fourth-order valence-electron chi connectivity index (χ4n) is 2.12. The summed E-state index contributed by atoms with van der Waals surface area (Å²) in [5.74, 6) is -0.786. The number of carbonyl (C=O) groups is 3. The van der Waals surface area contributed by atoms with Crippen molar-refractivity contribution in [2.24, 2.45) is 5.92 Å². The Morgan fingerprint density at radius 3 is 2.83 bits per heavy atom. The van der Waals surface area contributed by atoms with E-state index in [4.69, 9.17) is 4.74 Å². The van der Waals surface area contributed by atoms with Gasteiger partial charge in [-0.3, -0.25) is 9.59 Å². The van der Waals surface area contributed by atoms with Crippen molar-refractivity contribution < 1.29 is 19.1 Å². The zero-order valence-corrected chi connectivity index (χ0v) is 10.6. The van der Waals surface area contributed by atoms with E-state index in [1.165, 1.54) is 13.0 Å². The van der Waals surface area contributed by atoms with Crippen LogP contribution in [0.2, 0.25) is 0 Å². The highest BCUT2D eigenvalue weighted by atomic mass is 16.5. The second-order valence-corrected chi connectivity index (χ2v) is 4.46. The van der Waals surface area contributed by atoms with Gasteiger partial charge in [-0.25, -0.2) is 4.79 Å². The number of hydrogen-bond acceptors (Lipinski definition) is 4. The molecule has 0 aliphatic heterocycles. The van der Waals surface area contributed by atoms with Crippen LogP contribution in [0.25, 0.3) is 0 Å². The van der Waals surface area contributed by atoms with Crippen LogP contribution in [-0.2, 0) is 19.1 Å². The number of amides is 1. The normalized spacial score (nSPS) is 20.3. The molecule has 1 rings (SSSR count). The second-order valence-electron chi connectivity index (χ2n) is 4.46. The lowest BCUT2D eigenvalue weighted by molar-refractivity contribution is -0.147. The first kappa shape index (κ1) is 14.4. The number of hydrogen-bond donors (Lipinski definition) is 1.